The molecule has 3 heteroatoms. The van der Waals surface area contributed by atoms with Crippen LogP contribution < -0.4 is 5.32 Å². The van der Waals surface area contributed by atoms with Gasteiger partial charge in [-0.3, -0.25) is 4.79 Å². The molecule has 0 saturated heterocycles. The van der Waals surface area contributed by atoms with E-state index in [0.29, 0.717) is 10.8 Å². The molecule has 1 aliphatic rings. The largest absolute Gasteiger partial charge is 0.362 e. The molecule has 1 aromatic carbocycles. The van der Waals surface area contributed by atoms with Gasteiger partial charge in [0.1, 0.15) is 5.78 Å². The van der Waals surface area contributed by atoms with Crippen molar-refractivity contribution in [1.29, 1.82) is 0 Å². The SMILES string of the molecule is Cc1ccc(Cl)cc1NC=CC1CCC(C)C1=O. The van der Waals surface area contributed by atoms with E-state index in [9.17, 15) is 4.79 Å². The van der Waals surface area contributed by atoms with Gasteiger partial charge in [0.25, 0.3) is 0 Å². The second kappa shape index (κ2) is 5.57. The second-order valence-corrected chi connectivity index (χ2v) is 5.39. The number of carbonyl (C=O) groups is 1. The van der Waals surface area contributed by atoms with Crippen LogP contribution in [0.5, 0.6) is 0 Å². The summed E-state index contributed by atoms with van der Waals surface area (Å²) < 4.78 is 0. The maximum atomic E-state index is 11.8. The molecule has 0 aliphatic heterocycles. The summed E-state index contributed by atoms with van der Waals surface area (Å²) in [5.74, 6) is 0.649. The first-order valence-electron chi connectivity index (χ1n) is 6.31. The van der Waals surface area contributed by atoms with Crippen LogP contribution in [0.25, 0.3) is 0 Å². The highest BCUT2D eigenvalue weighted by molar-refractivity contribution is 6.30. The van der Waals surface area contributed by atoms with Crippen molar-refractivity contribution in [3.05, 3.63) is 41.1 Å². The van der Waals surface area contributed by atoms with E-state index in [2.05, 4.69) is 5.32 Å². The Morgan fingerprint density at radius 1 is 1.39 bits per heavy atom. The van der Waals surface area contributed by atoms with Gasteiger partial charge in [-0.15, -0.1) is 0 Å². The summed E-state index contributed by atoms with van der Waals surface area (Å²) in [4.78, 5) is 11.8. The topological polar surface area (TPSA) is 29.1 Å². The van der Waals surface area contributed by atoms with E-state index in [0.717, 1.165) is 24.1 Å². The van der Waals surface area contributed by atoms with E-state index in [1.54, 1.807) is 0 Å². The second-order valence-electron chi connectivity index (χ2n) is 4.95. The average molecular weight is 264 g/mol. The van der Waals surface area contributed by atoms with Gasteiger partial charge in [-0.1, -0.05) is 30.7 Å². The molecule has 2 unspecified atom stereocenters. The van der Waals surface area contributed by atoms with Gasteiger partial charge in [-0.25, -0.2) is 0 Å². The highest BCUT2D eigenvalue weighted by Gasteiger charge is 2.28. The van der Waals surface area contributed by atoms with Crippen molar-refractivity contribution in [2.24, 2.45) is 11.8 Å². The predicted molar refractivity (Wildman–Crippen MR) is 75.8 cm³/mol. The minimum Gasteiger partial charge on any atom is -0.362 e. The third-order valence-electron chi connectivity index (χ3n) is 3.53. The van der Waals surface area contributed by atoms with Crippen molar-refractivity contribution in [3.8, 4) is 0 Å². The van der Waals surface area contributed by atoms with Gasteiger partial charge in [-0.05, 0) is 43.7 Å². The summed E-state index contributed by atoms with van der Waals surface area (Å²) >= 11 is 5.95. The van der Waals surface area contributed by atoms with Crippen LogP contribution in [-0.2, 0) is 4.79 Å². The molecule has 2 rings (SSSR count). The monoisotopic (exact) mass is 263 g/mol. The predicted octanol–water partition coefficient (Wildman–Crippen LogP) is 4.19. The Kier molecular flexibility index (Phi) is 4.07. The number of nitrogens with one attached hydrogen (secondary N) is 1. The number of Topliss-reactive ketones (excluding diaryl/α,β-unsaturated/α-hetero) is 1. The van der Waals surface area contributed by atoms with Crippen molar-refractivity contribution in [1.82, 2.24) is 0 Å². The standard InChI is InChI=1S/C15H18ClNO/c1-10-4-6-13(16)9-14(10)17-8-7-12-5-3-11(2)15(12)18/h4,6-9,11-12,17H,3,5H2,1-2H3. The molecule has 0 bridgehead atoms. The molecule has 0 aromatic heterocycles. The summed E-state index contributed by atoms with van der Waals surface area (Å²) in [6, 6.07) is 5.73. The molecule has 18 heavy (non-hydrogen) atoms. The summed E-state index contributed by atoms with van der Waals surface area (Å²) in [7, 11) is 0. The number of aryl methyl sites for hydroxylation is 1. The summed E-state index contributed by atoms with van der Waals surface area (Å²) in [6.45, 7) is 4.03. The Morgan fingerprint density at radius 3 is 2.83 bits per heavy atom. The summed E-state index contributed by atoms with van der Waals surface area (Å²) in [5, 5.41) is 3.91. The first-order chi connectivity index (χ1) is 8.58. The summed E-state index contributed by atoms with van der Waals surface area (Å²) in [6.07, 6.45) is 5.79. The zero-order chi connectivity index (χ0) is 13.1. The van der Waals surface area contributed by atoms with Crippen LogP contribution in [0.15, 0.2) is 30.5 Å². The van der Waals surface area contributed by atoms with Gasteiger partial charge in [0.15, 0.2) is 0 Å². The van der Waals surface area contributed by atoms with Gasteiger partial charge >= 0.3 is 0 Å². The molecular weight excluding hydrogens is 246 g/mol. The van der Waals surface area contributed by atoms with Crippen LogP contribution in [0, 0.1) is 18.8 Å². The number of allylic oxidation sites excluding steroid dienone is 1. The van der Waals surface area contributed by atoms with Gasteiger partial charge in [0.05, 0.1) is 0 Å². The molecule has 0 radical (unpaired) electrons. The molecule has 0 heterocycles. The van der Waals surface area contributed by atoms with Gasteiger partial charge in [-0.2, -0.15) is 0 Å². The Bertz CT molecular complexity index is 481. The lowest BCUT2D eigenvalue weighted by Gasteiger charge is -2.07. The Morgan fingerprint density at radius 2 is 2.17 bits per heavy atom. The fraction of sp³-hybridized carbons (Fsp3) is 0.400. The van der Waals surface area contributed by atoms with Crippen LogP contribution in [0.1, 0.15) is 25.3 Å². The van der Waals surface area contributed by atoms with Gasteiger partial charge in [0, 0.05) is 22.5 Å². The van der Waals surface area contributed by atoms with E-state index in [-0.39, 0.29) is 11.8 Å². The molecule has 2 atom stereocenters. The molecule has 1 aromatic rings. The number of carbonyl (C=O) groups excluding carboxylic acids is 1. The molecule has 0 amide bonds. The third kappa shape index (κ3) is 2.94. The van der Waals surface area contributed by atoms with Crippen LogP contribution in [0.4, 0.5) is 5.69 Å². The Balaban J connectivity index is 1.99. The maximum Gasteiger partial charge on any atom is 0.142 e. The Hall–Kier alpha value is -1.28. The lowest BCUT2D eigenvalue weighted by Crippen LogP contribution is -2.09. The van der Waals surface area contributed by atoms with Crippen molar-refractivity contribution in [3.63, 3.8) is 0 Å². The van der Waals surface area contributed by atoms with Gasteiger partial charge < -0.3 is 5.32 Å². The number of anilines is 1. The minimum absolute atomic E-state index is 0.0759. The van der Waals surface area contributed by atoms with Crippen LogP contribution in [0.3, 0.4) is 0 Å². The van der Waals surface area contributed by atoms with Crippen molar-refractivity contribution in [2.75, 3.05) is 5.32 Å². The molecule has 0 spiro atoms. The molecule has 1 fully saturated rings. The van der Waals surface area contributed by atoms with Crippen LogP contribution in [0.2, 0.25) is 5.02 Å². The number of hydrogen-bond donors (Lipinski definition) is 1. The average Bonchev–Trinajstić information content (AvgIpc) is 2.65. The van der Waals surface area contributed by atoms with Crippen molar-refractivity contribution >= 4 is 23.1 Å². The smallest absolute Gasteiger partial charge is 0.142 e. The first kappa shape index (κ1) is 13.2. The fourth-order valence-electron chi connectivity index (χ4n) is 2.27. The number of halogens is 1. The molecule has 1 saturated carbocycles. The maximum absolute atomic E-state index is 11.8. The highest BCUT2D eigenvalue weighted by atomic mass is 35.5. The number of ketones is 1. The van der Waals surface area contributed by atoms with E-state index in [1.165, 1.54) is 0 Å². The molecular formula is C15H18ClNO. The molecule has 96 valence electrons. The summed E-state index contributed by atoms with van der Waals surface area (Å²) in [5.41, 5.74) is 2.12. The number of rotatable bonds is 3. The molecule has 2 nitrogen and oxygen atoms in total. The first-order valence-corrected chi connectivity index (χ1v) is 6.69. The van der Waals surface area contributed by atoms with Crippen LogP contribution >= 0.6 is 11.6 Å². The Labute approximate surface area is 113 Å². The quantitative estimate of drug-likeness (QED) is 0.886. The number of benzene rings is 1. The van der Waals surface area contributed by atoms with E-state index in [4.69, 9.17) is 11.6 Å². The fourth-order valence-corrected chi connectivity index (χ4v) is 2.45. The zero-order valence-electron chi connectivity index (χ0n) is 10.7. The van der Waals surface area contributed by atoms with Gasteiger partial charge in [0.2, 0.25) is 0 Å². The lowest BCUT2D eigenvalue weighted by atomic mass is 10.0. The van der Waals surface area contributed by atoms with Crippen LogP contribution in [-0.4, -0.2) is 5.78 Å². The molecule has 1 N–H and O–H groups in total. The number of hydrogen-bond acceptors (Lipinski definition) is 2. The minimum atomic E-state index is 0.0759. The zero-order valence-corrected chi connectivity index (χ0v) is 11.5. The van der Waals surface area contributed by atoms with E-state index < -0.39 is 0 Å². The third-order valence-corrected chi connectivity index (χ3v) is 3.76. The normalized spacial score (nSPS) is 23.8. The highest BCUT2D eigenvalue weighted by Crippen LogP contribution is 2.28. The lowest BCUT2D eigenvalue weighted by molar-refractivity contribution is -0.122. The van der Waals surface area contributed by atoms with Crippen molar-refractivity contribution in [2.45, 2.75) is 26.7 Å². The van der Waals surface area contributed by atoms with E-state index in [1.807, 2.05) is 44.3 Å². The molecule has 1 aliphatic carbocycles. The van der Waals surface area contributed by atoms with Crippen molar-refractivity contribution < 1.29 is 4.79 Å². The van der Waals surface area contributed by atoms with E-state index >= 15 is 0 Å².